The Morgan fingerprint density at radius 3 is 2.52 bits per heavy atom. The molecule has 2 saturated heterocycles. The van der Waals surface area contributed by atoms with Crippen molar-refractivity contribution < 1.29 is 14.7 Å². The summed E-state index contributed by atoms with van der Waals surface area (Å²) in [7, 11) is 1.79. The number of anilines is 1. The Hall–Kier alpha value is -2.22. The number of aliphatic carboxylic acids is 1. The van der Waals surface area contributed by atoms with Crippen molar-refractivity contribution in [2.45, 2.75) is 25.8 Å². The zero-order valence-electron chi connectivity index (χ0n) is 14.8. The van der Waals surface area contributed by atoms with Crippen LogP contribution in [0.25, 0.3) is 0 Å². The predicted molar refractivity (Wildman–Crippen MR) is 92.3 cm³/mol. The molecule has 2 unspecified atom stereocenters. The highest BCUT2D eigenvalue weighted by molar-refractivity contribution is 5.80. The summed E-state index contributed by atoms with van der Waals surface area (Å²) in [5.74, 6) is 0.889. The van der Waals surface area contributed by atoms with Crippen LogP contribution >= 0.6 is 0 Å². The molecule has 0 aromatic carbocycles. The smallest absolute Gasteiger partial charge is 0.320 e. The van der Waals surface area contributed by atoms with Gasteiger partial charge in [-0.05, 0) is 32.9 Å². The van der Waals surface area contributed by atoms with Crippen LogP contribution in [0.1, 0.15) is 18.7 Å². The molecular formula is C17H25N5O3. The largest absolute Gasteiger partial charge is 0.480 e. The van der Waals surface area contributed by atoms with Crippen LogP contribution in [0.5, 0.6) is 0 Å². The number of aromatic nitrogens is 2. The van der Waals surface area contributed by atoms with Crippen molar-refractivity contribution in [3.05, 3.63) is 18.1 Å². The average molecular weight is 347 g/mol. The van der Waals surface area contributed by atoms with Crippen LogP contribution in [0.2, 0.25) is 0 Å². The highest BCUT2D eigenvalue weighted by Crippen LogP contribution is 2.24. The van der Waals surface area contributed by atoms with Gasteiger partial charge in [0.2, 0.25) is 5.91 Å². The minimum Gasteiger partial charge on any atom is -0.480 e. The summed E-state index contributed by atoms with van der Waals surface area (Å²) in [5.41, 5.74) is 0. The minimum absolute atomic E-state index is 0.103. The number of piperazine rings is 1. The van der Waals surface area contributed by atoms with Gasteiger partial charge in [-0.25, -0.2) is 9.97 Å². The first kappa shape index (κ1) is 17.6. The van der Waals surface area contributed by atoms with E-state index in [1.807, 2.05) is 17.9 Å². The van der Waals surface area contributed by atoms with Crippen LogP contribution in [0.3, 0.4) is 0 Å². The number of hydrogen-bond donors (Lipinski definition) is 1. The predicted octanol–water partition coefficient (Wildman–Crippen LogP) is 0.229. The van der Waals surface area contributed by atoms with E-state index in [-0.39, 0.29) is 11.8 Å². The molecule has 8 heteroatoms. The topological polar surface area (TPSA) is 89.9 Å². The summed E-state index contributed by atoms with van der Waals surface area (Å²) >= 11 is 0. The standard InChI is InChI=1S/C17H25N5O3/c1-12-18-6-5-15(19-12)21-7-9-22(10-8-21)16(23)13-3-4-14(17(24)25)20(2)11-13/h5-6,13-14H,3-4,7-11H2,1-2H3,(H,24,25). The van der Waals surface area contributed by atoms with E-state index in [4.69, 9.17) is 0 Å². The van der Waals surface area contributed by atoms with Gasteiger partial charge in [0.15, 0.2) is 0 Å². The fraction of sp³-hybridized carbons (Fsp3) is 0.647. The number of carbonyl (C=O) groups excluding carboxylic acids is 1. The second-order valence-corrected chi connectivity index (χ2v) is 6.84. The van der Waals surface area contributed by atoms with Crippen LogP contribution in [0, 0.1) is 12.8 Å². The molecule has 3 rings (SSSR count). The van der Waals surface area contributed by atoms with E-state index in [0.717, 1.165) is 24.7 Å². The van der Waals surface area contributed by atoms with Gasteiger partial charge in [0.05, 0.1) is 5.92 Å². The summed E-state index contributed by atoms with van der Waals surface area (Å²) in [6, 6.07) is 1.42. The summed E-state index contributed by atoms with van der Waals surface area (Å²) in [4.78, 5) is 38.4. The fourth-order valence-electron chi connectivity index (χ4n) is 3.69. The van der Waals surface area contributed by atoms with Gasteiger partial charge in [-0.2, -0.15) is 0 Å². The molecule has 1 aromatic rings. The molecule has 0 radical (unpaired) electrons. The normalized spacial score (nSPS) is 25.0. The molecule has 0 bridgehead atoms. The lowest BCUT2D eigenvalue weighted by Gasteiger charge is -2.40. The molecule has 2 atom stereocenters. The lowest BCUT2D eigenvalue weighted by atomic mass is 9.92. The van der Waals surface area contributed by atoms with Crippen LogP contribution < -0.4 is 4.90 Å². The first-order chi connectivity index (χ1) is 12.0. The van der Waals surface area contributed by atoms with E-state index in [9.17, 15) is 14.7 Å². The number of carbonyl (C=O) groups is 2. The van der Waals surface area contributed by atoms with Gasteiger partial charge >= 0.3 is 5.97 Å². The van der Waals surface area contributed by atoms with Crippen molar-refractivity contribution in [3.8, 4) is 0 Å². The van der Waals surface area contributed by atoms with Crippen LogP contribution in [0.15, 0.2) is 12.3 Å². The quantitative estimate of drug-likeness (QED) is 0.837. The third-order valence-corrected chi connectivity index (χ3v) is 5.14. The Kier molecular flexibility index (Phi) is 5.17. The molecule has 2 aliphatic heterocycles. The Bertz CT molecular complexity index is 645. The maximum absolute atomic E-state index is 12.8. The SMILES string of the molecule is Cc1nccc(N2CCN(C(=O)C3CCC(C(=O)O)N(C)C3)CC2)n1. The number of amides is 1. The maximum atomic E-state index is 12.8. The molecular weight excluding hydrogens is 322 g/mol. The van der Waals surface area contributed by atoms with Gasteiger partial charge in [-0.15, -0.1) is 0 Å². The van der Waals surface area contributed by atoms with Gasteiger partial charge in [0.1, 0.15) is 17.7 Å². The first-order valence-corrected chi connectivity index (χ1v) is 8.72. The molecule has 0 spiro atoms. The third-order valence-electron chi connectivity index (χ3n) is 5.14. The number of aryl methyl sites for hydroxylation is 1. The van der Waals surface area contributed by atoms with E-state index >= 15 is 0 Å². The van der Waals surface area contributed by atoms with Gasteiger partial charge in [-0.1, -0.05) is 0 Å². The first-order valence-electron chi connectivity index (χ1n) is 8.72. The van der Waals surface area contributed by atoms with Crippen molar-refractivity contribution in [2.24, 2.45) is 5.92 Å². The number of hydrogen-bond acceptors (Lipinski definition) is 6. The number of nitrogens with zero attached hydrogens (tertiary/aromatic N) is 5. The van der Waals surface area contributed by atoms with Gasteiger partial charge in [-0.3, -0.25) is 14.5 Å². The van der Waals surface area contributed by atoms with Crippen LogP contribution in [-0.4, -0.2) is 82.6 Å². The van der Waals surface area contributed by atoms with Crippen molar-refractivity contribution in [1.82, 2.24) is 19.8 Å². The maximum Gasteiger partial charge on any atom is 0.320 e. The lowest BCUT2D eigenvalue weighted by molar-refractivity contribution is -0.148. The highest BCUT2D eigenvalue weighted by Gasteiger charge is 2.36. The third kappa shape index (κ3) is 3.89. The molecule has 2 aliphatic rings. The number of rotatable bonds is 3. The zero-order chi connectivity index (χ0) is 18.0. The molecule has 8 nitrogen and oxygen atoms in total. The molecule has 0 aliphatic carbocycles. The van der Waals surface area contributed by atoms with E-state index in [0.29, 0.717) is 32.5 Å². The van der Waals surface area contributed by atoms with Crippen LogP contribution in [-0.2, 0) is 9.59 Å². The second-order valence-electron chi connectivity index (χ2n) is 6.84. The minimum atomic E-state index is -0.804. The number of piperidine rings is 1. The average Bonchev–Trinajstić information content (AvgIpc) is 2.61. The number of carboxylic acids is 1. The monoisotopic (exact) mass is 347 g/mol. The summed E-state index contributed by atoms with van der Waals surface area (Å²) in [6.07, 6.45) is 2.93. The van der Waals surface area contributed by atoms with E-state index in [1.165, 1.54) is 0 Å². The zero-order valence-corrected chi connectivity index (χ0v) is 14.8. The van der Waals surface area contributed by atoms with Gasteiger partial charge in [0, 0.05) is 38.9 Å². The van der Waals surface area contributed by atoms with Crippen molar-refractivity contribution >= 4 is 17.7 Å². The molecule has 0 saturated carbocycles. The molecule has 136 valence electrons. The number of carboxylic acid groups (broad SMARTS) is 1. The fourth-order valence-corrected chi connectivity index (χ4v) is 3.69. The van der Waals surface area contributed by atoms with E-state index < -0.39 is 12.0 Å². The summed E-state index contributed by atoms with van der Waals surface area (Å²) in [5, 5.41) is 9.19. The van der Waals surface area contributed by atoms with E-state index in [2.05, 4.69) is 14.9 Å². The second kappa shape index (κ2) is 7.35. The Morgan fingerprint density at radius 2 is 1.92 bits per heavy atom. The number of likely N-dealkylation sites (tertiary alicyclic amines) is 1. The summed E-state index contributed by atoms with van der Waals surface area (Å²) < 4.78 is 0. The van der Waals surface area contributed by atoms with Crippen molar-refractivity contribution in [2.75, 3.05) is 44.7 Å². The molecule has 1 aromatic heterocycles. The van der Waals surface area contributed by atoms with Gasteiger partial charge < -0.3 is 14.9 Å². The molecule has 25 heavy (non-hydrogen) atoms. The lowest BCUT2D eigenvalue weighted by Crippen LogP contribution is -2.54. The Morgan fingerprint density at radius 1 is 1.20 bits per heavy atom. The Labute approximate surface area is 147 Å². The molecule has 3 heterocycles. The van der Waals surface area contributed by atoms with Crippen LogP contribution in [0.4, 0.5) is 5.82 Å². The summed E-state index contributed by atoms with van der Waals surface area (Å²) in [6.45, 7) is 5.23. The molecule has 1 amide bonds. The highest BCUT2D eigenvalue weighted by atomic mass is 16.4. The van der Waals surface area contributed by atoms with E-state index in [1.54, 1.807) is 18.1 Å². The van der Waals surface area contributed by atoms with Gasteiger partial charge in [0.25, 0.3) is 0 Å². The number of likely N-dealkylation sites (N-methyl/N-ethyl adjacent to an activating group) is 1. The molecule has 1 N–H and O–H groups in total. The van der Waals surface area contributed by atoms with Crippen molar-refractivity contribution in [3.63, 3.8) is 0 Å². The van der Waals surface area contributed by atoms with Crippen molar-refractivity contribution in [1.29, 1.82) is 0 Å². The Balaban J connectivity index is 1.54. The molecule has 2 fully saturated rings.